The molecule has 0 aliphatic carbocycles. The molecule has 1 aliphatic rings. The van der Waals surface area contributed by atoms with Gasteiger partial charge in [-0.05, 0) is 60.8 Å². The molecule has 1 aromatic heterocycles. The summed E-state index contributed by atoms with van der Waals surface area (Å²) in [6.45, 7) is 6.41. The van der Waals surface area contributed by atoms with Crippen LogP contribution >= 0.6 is 27.3 Å². The van der Waals surface area contributed by atoms with Crippen molar-refractivity contribution in [2.75, 3.05) is 13.2 Å². The minimum atomic E-state index is 0.427. The zero-order chi connectivity index (χ0) is 13.0. The van der Waals surface area contributed by atoms with E-state index >= 15 is 0 Å². The van der Waals surface area contributed by atoms with Crippen molar-refractivity contribution in [2.45, 2.75) is 45.3 Å². The third-order valence-corrected chi connectivity index (χ3v) is 5.15. The largest absolute Gasteiger partial charge is 0.378 e. The first-order valence-electron chi connectivity index (χ1n) is 6.78. The van der Waals surface area contributed by atoms with Crippen LogP contribution < -0.4 is 5.32 Å². The van der Waals surface area contributed by atoms with E-state index in [0.29, 0.717) is 18.1 Å². The Morgan fingerprint density at radius 1 is 1.56 bits per heavy atom. The smallest absolute Gasteiger partial charge is 0.0701 e. The van der Waals surface area contributed by atoms with E-state index in [4.69, 9.17) is 4.74 Å². The average molecular weight is 332 g/mol. The van der Waals surface area contributed by atoms with Crippen LogP contribution in [0.2, 0.25) is 0 Å². The highest BCUT2D eigenvalue weighted by atomic mass is 79.9. The van der Waals surface area contributed by atoms with Crippen LogP contribution in [0, 0.1) is 5.92 Å². The van der Waals surface area contributed by atoms with E-state index in [1.165, 1.54) is 21.5 Å². The lowest BCUT2D eigenvalue weighted by Crippen LogP contribution is -2.38. The van der Waals surface area contributed by atoms with Crippen LogP contribution in [0.15, 0.2) is 15.9 Å². The fourth-order valence-electron chi connectivity index (χ4n) is 2.54. The Hall–Kier alpha value is 0.1000. The van der Waals surface area contributed by atoms with Gasteiger partial charge < -0.3 is 10.1 Å². The first-order chi connectivity index (χ1) is 8.69. The maximum atomic E-state index is 5.72. The molecule has 2 heterocycles. The lowest BCUT2D eigenvalue weighted by molar-refractivity contribution is 0.117. The van der Waals surface area contributed by atoms with Crippen LogP contribution in [0.5, 0.6) is 0 Å². The molecule has 2 rings (SSSR count). The third-order valence-electron chi connectivity index (χ3n) is 3.51. The van der Waals surface area contributed by atoms with Gasteiger partial charge >= 0.3 is 0 Å². The van der Waals surface area contributed by atoms with E-state index in [1.54, 1.807) is 0 Å². The van der Waals surface area contributed by atoms with E-state index in [0.717, 1.165) is 19.6 Å². The lowest BCUT2D eigenvalue weighted by Gasteiger charge is -2.23. The number of rotatable bonds is 6. The highest BCUT2D eigenvalue weighted by Crippen LogP contribution is 2.28. The minimum absolute atomic E-state index is 0.427. The van der Waals surface area contributed by atoms with Crippen molar-refractivity contribution >= 4 is 27.3 Å². The summed E-state index contributed by atoms with van der Waals surface area (Å²) < 4.78 is 6.95. The van der Waals surface area contributed by atoms with Crippen molar-refractivity contribution in [1.29, 1.82) is 0 Å². The first-order valence-corrected chi connectivity index (χ1v) is 8.39. The van der Waals surface area contributed by atoms with Crippen molar-refractivity contribution in [3.05, 3.63) is 20.8 Å². The van der Waals surface area contributed by atoms with Gasteiger partial charge in [-0.3, -0.25) is 0 Å². The Morgan fingerprint density at radius 3 is 2.94 bits per heavy atom. The van der Waals surface area contributed by atoms with Crippen LogP contribution in [0.1, 0.15) is 31.6 Å². The second-order valence-electron chi connectivity index (χ2n) is 5.11. The zero-order valence-corrected chi connectivity index (χ0v) is 13.5. The molecule has 0 spiro atoms. The van der Waals surface area contributed by atoms with Gasteiger partial charge in [0, 0.05) is 16.8 Å². The molecule has 2 nitrogen and oxygen atoms in total. The molecular formula is C14H22BrNOS. The highest BCUT2D eigenvalue weighted by Gasteiger charge is 2.29. The summed E-state index contributed by atoms with van der Waals surface area (Å²) in [7, 11) is 0. The predicted octanol–water partition coefficient (Wildman–Crippen LogP) is 3.85. The summed E-state index contributed by atoms with van der Waals surface area (Å²) in [6, 6.07) is 4.93. The van der Waals surface area contributed by atoms with Gasteiger partial charge in [0.15, 0.2) is 0 Å². The Balaban J connectivity index is 1.96. The maximum absolute atomic E-state index is 5.72. The predicted molar refractivity (Wildman–Crippen MR) is 81.3 cm³/mol. The zero-order valence-electron chi connectivity index (χ0n) is 11.1. The van der Waals surface area contributed by atoms with Gasteiger partial charge in [0.1, 0.15) is 0 Å². The number of nitrogens with one attached hydrogen (secondary N) is 1. The van der Waals surface area contributed by atoms with E-state index in [9.17, 15) is 0 Å². The van der Waals surface area contributed by atoms with Crippen LogP contribution in [-0.4, -0.2) is 25.3 Å². The summed E-state index contributed by atoms with van der Waals surface area (Å²) in [5.41, 5.74) is 0. The quantitative estimate of drug-likeness (QED) is 0.854. The van der Waals surface area contributed by atoms with Gasteiger partial charge in [0.05, 0.1) is 16.5 Å². The summed E-state index contributed by atoms with van der Waals surface area (Å²) in [5, 5.41) is 3.70. The molecule has 4 heteroatoms. The Bertz CT molecular complexity index is 368. The molecule has 0 saturated carbocycles. The third kappa shape index (κ3) is 4.05. The van der Waals surface area contributed by atoms with E-state index in [2.05, 4.69) is 47.2 Å². The molecule has 3 unspecified atom stereocenters. The molecule has 1 saturated heterocycles. The number of halogens is 1. The molecule has 3 atom stereocenters. The molecule has 0 amide bonds. The van der Waals surface area contributed by atoms with E-state index < -0.39 is 0 Å². The van der Waals surface area contributed by atoms with Crippen molar-refractivity contribution in [3.8, 4) is 0 Å². The standard InChI is InChI=1S/C14H22BrNOS/c1-3-6-16-13(11-7-10(2)17-9-11)8-12-4-5-14(15)18-12/h4-5,10-11,13,16H,3,6-9H2,1-2H3. The first kappa shape index (κ1) is 14.5. The van der Waals surface area contributed by atoms with Gasteiger partial charge in [-0.15, -0.1) is 11.3 Å². The topological polar surface area (TPSA) is 21.3 Å². The van der Waals surface area contributed by atoms with Gasteiger partial charge in [-0.25, -0.2) is 0 Å². The fourth-order valence-corrected chi connectivity index (χ4v) is 4.09. The molecule has 1 aromatic rings. The second kappa shape index (κ2) is 7.04. The monoisotopic (exact) mass is 331 g/mol. The Kier molecular flexibility index (Phi) is 5.67. The van der Waals surface area contributed by atoms with Crippen LogP contribution in [0.3, 0.4) is 0 Å². The van der Waals surface area contributed by atoms with Gasteiger partial charge in [0.25, 0.3) is 0 Å². The second-order valence-corrected chi connectivity index (χ2v) is 7.66. The fraction of sp³-hybridized carbons (Fsp3) is 0.714. The van der Waals surface area contributed by atoms with Crippen LogP contribution in [0.4, 0.5) is 0 Å². The number of hydrogen-bond acceptors (Lipinski definition) is 3. The summed E-state index contributed by atoms with van der Waals surface area (Å²) in [6.07, 6.45) is 3.93. The molecular weight excluding hydrogens is 310 g/mol. The number of ether oxygens (including phenoxy) is 1. The van der Waals surface area contributed by atoms with Gasteiger partial charge in [-0.1, -0.05) is 6.92 Å². The number of hydrogen-bond donors (Lipinski definition) is 1. The summed E-state index contributed by atoms with van der Waals surface area (Å²) >= 11 is 5.39. The van der Waals surface area contributed by atoms with Crippen molar-refractivity contribution in [1.82, 2.24) is 5.32 Å². The van der Waals surface area contributed by atoms with Gasteiger partial charge in [0.2, 0.25) is 0 Å². The van der Waals surface area contributed by atoms with Crippen molar-refractivity contribution < 1.29 is 4.74 Å². The van der Waals surface area contributed by atoms with E-state index in [-0.39, 0.29) is 0 Å². The molecule has 0 bridgehead atoms. The Labute approximate surface area is 122 Å². The average Bonchev–Trinajstić information content (AvgIpc) is 2.93. The molecule has 0 aromatic carbocycles. The number of thiophene rings is 1. The van der Waals surface area contributed by atoms with Crippen LogP contribution in [-0.2, 0) is 11.2 Å². The molecule has 0 radical (unpaired) electrons. The van der Waals surface area contributed by atoms with Crippen molar-refractivity contribution in [2.24, 2.45) is 5.92 Å². The van der Waals surface area contributed by atoms with Gasteiger partial charge in [-0.2, -0.15) is 0 Å². The summed E-state index contributed by atoms with van der Waals surface area (Å²) in [4.78, 5) is 1.45. The lowest BCUT2D eigenvalue weighted by atomic mass is 9.93. The molecule has 18 heavy (non-hydrogen) atoms. The maximum Gasteiger partial charge on any atom is 0.0701 e. The molecule has 102 valence electrons. The minimum Gasteiger partial charge on any atom is -0.378 e. The highest BCUT2D eigenvalue weighted by molar-refractivity contribution is 9.11. The molecule has 1 aliphatic heterocycles. The van der Waals surface area contributed by atoms with Crippen LogP contribution in [0.25, 0.3) is 0 Å². The SMILES string of the molecule is CCCNC(Cc1ccc(Br)s1)C1COC(C)C1. The normalized spacial score (nSPS) is 25.5. The molecule has 1 fully saturated rings. The van der Waals surface area contributed by atoms with Crippen molar-refractivity contribution in [3.63, 3.8) is 0 Å². The molecule has 1 N–H and O–H groups in total. The Morgan fingerprint density at radius 2 is 2.39 bits per heavy atom. The summed E-state index contributed by atoms with van der Waals surface area (Å²) in [5.74, 6) is 0.660. The van der Waals surface area contributed by atoms with E-state index in [1.807, 2.05) is 11.3 Å².